The van der Waals surface area contributed by atoms with Crippen LogP contribution in [0.5, 0.6) is 0 Å². The van der Waals surface area contributed by atoms with Gasteiger partial charge in [0.1, 0.15) is 0 Å². The number of amides is 1. The number of hydrogen-bond donors (Lipinski definition) is 1. The number of rotatable bonds is 3. The third kappa shape index (κ3) is 5.58. The molecule has 0 saturated carbocycles. The highest BCUT2D eigenvalue weighted by atomic mass is 16.6. The Balaban J connectivity index is 0.000000220. The minimum absolute atomic E-state index is 0.343. The fourth-order valence-electron chi connectivity index (χ4n) is 1.37. The summed E-state index contributed by atoms with van der Waals surface area (Å²) in [5, 5.41) is 4.70. The monoisotopic (exact) mass is 303 g/mol. The summed E-state index contributed by atoms with van der Waals surface area (Å²) in [4.78, 5) is 32.5. The highest BCUT2D eigenvalue weighted by Gasteiger charge is 2.11. The molecule has 0 atom stereocenters. The lowest BCUT2D eigenvalue weighted by Crippen LogP contribution is -2.37. The van der Waals surface area contributed by atoms with Crippen molar-refractivity contribution in [3.63, 3.8) is 0 Å². The van der Waals surface area contributed by atoms with Crippen LogP contribution in [0.1, 0.15) is 24.2 Å². The second-order valence-corrected chi connectivity index (χ2v) is 4.01. The Kier molecular flexibility index (Phi) is 7.04. The summed E-state index contributed by atoms with van der Waals surface area (Å²) in [6.07, 6.45) is 4.25. The predicted octanol–water partition coefficient (Wildman–Crippen LogP) is 1.92. The number of ketones is 2. The molecular weight excluding hydrogens is 286 g/mol. The van der Waals surface area contributed by atoms with Gasteiger partial charge < -0.3 is 4.74 Å². The number of Topliss-reactive ketones (excluding diaryl/α,β-unsaturated/α-hetero) is 2. The molecule has 22 heavy (non-hydrogen) atoms. The van der Waals surface area contributed by atoms with Crippen LogP contribution in [0.2, 0.25) is 0 Å². The SMILES string of the molecule is CC(=O)C(=O)c1ccccc1.CCOC(=O)N1N=CC=CN1. The van der Waals surface area contributed by atoms with Gasteiger partial charge >= 0.3 is 6.09 Å². The van der Waals surface area contributed by atoms with E-state index in [0.29, 0.717) is 12.2 Å². The first-order chi connectivity index (χ1) is 10.6. The molecule has 0 fully saturated rings. The number of carbonyl (C=O) groups excluding carboxylic acids is 3. The van der Waals surface area contributed by atoms with Gasteiger partial charge in [-0.15, -0.1) is 5.12 Å². The van der Waals surface area contributed by atoms with Crippen molar-refractivity contribution in [1.82, 2.24) is 10.5 Å². The standard InChI is InChI=1S/C9H8O2.C6H9N3O2/c1-7(10)9(11)8-5-3-2-4-6-8;1-2-11-6(10)9-7-4-3-5-8-9/h2-6H,1H3;3-5,7H,2H2,1H3. The van der Waals surface area contributed by atoms with Crippen LogP contribution in [0.25, 0.3) is 0 Å². The molecule has 0 bridgehead atoms. The van der Waals surface area contributed by atoms with E-state index in [4.69, 9.17) is 0 Å². The van der Waals surface area contributed by atoms with Crippen molar-refractivity contribution in [3.05, 3.63) is 48.2 Å². The van der Waals surface area contributed by atoms with E-state index < -0.39 is 17.7 Å². The van der Waals surface area contributed by atoms with E-state index in [-0.39, 0.29) is 0 Å². The first kappa shape index (κ1) is 17.1. The number of nitrogens with zero attached hydrogens (tertiary/aromatic N) is 2. The average Bonchev–Trinajstić information content (AvgIpc) is 2.56. The van der Waals surface area contributed by atoms with E-state index in [1.807, 2.05) is 0 Å². The Morgan fingerprint density at radius 3 is 2.41 bits per heavy atom. The largest absolute Gasteiger partial charge is 0.450 e. The van der Waals surface area contributed by atoms with Crippen molar-refractivity contribution in [3.8, 4) is 0 Å². The molecule has 0 saturated heterocycles. The zero-order valence-corrected chi connectivity index (χ0v) is 12.4. The third-order valence-electron chi connectivity index (χ3n) is 2.36. The molecule has 1 heterocycles. The van der Waals surface area contributed by atoms with Crippen LogP contribution in [0.4, 0.5) is 4.79 Å². The lowest BCUT2D eigenvalue weighted by Gasteiger charge is -2.16. The van der Waals surface area contributed by atoms with Gasteiger partial charge in [0.05, 0.1) is 12.8 Å². The predicted molar refractivity (Wildman–Crippen MR) is 81.1 cm³/mol. The van der Waals surface area contributed by atoms with Crippen molar-refractivity contribution in [1.29, 1.82) is 0 Å². The minimum atomic E-state index is -0.506. The Hall–Kier alpha value is -2.96. The molecule has 116 valence electrons. The smallest absolute Gasteiger partial charge is 0.447 e. The average molecular weight is 303 g/mol. The van der Waals surface area contributed by atoms with Gasteiger partial charge in [-0.3, -0.25) is 15.0 Å². The molecule has 1 aliphatic rings. The highest BCUT2D eigenvalue weighted by Crippen LogP contribution is 1.99. The van der Waals surface area contributed by atoms with Crippen molar-refractivity contribution in [2.45, 2.75) is 13.8 Å². The molecule has 7 nitrogen and oxygen atoms in total. The number of ether oxygens (including phenoxy) is 1. The summed E-state index contributed by atoms with van der Waals surface area (Å²) < 4.78 is 4.66. The normalized spacial score (nSPS) is 11.8. The number of allylic oxidation sites excluding steroid dienone is 1. The first-order valence-electron chi connectivity index (χ1n) is 6.58. The van der Waals surface area contributed by atoms with Crippen LogP contribution in [-0.4, -0.2) is 35.6 Å². The maximum absolute atomic E-state index is 11.0. The van der Waals surface area contributed by atoms with Crippen LogP contribution in [0.15, 0.2) is 47.7 Å². The summed E-state index contributed by atoms with van der Waals surface area (Å²) in [7, 11) is 0. The van der Waals surface area contributed by atoms with Gasteiger partial charge in [0, 0.05) is 18.7 Å². The summed E-state index contributed by atoms with van der Waals surface area (Å²) in [6, 6.07) is 8.52. The van der Waals surface area contributed by atoms with E-state index in [1.165, 1.54) is 13.1 Å². The van der Waals surface area contributed by atoms with E-state index in [2.05, 4.69) is 15.3 Å². The summed E-state index contributed by atoms with van der Waals surface area (Å²) in [6.45, 7) is 3.35. The molecule has 1 N–H and O–H groups in total. The summed E-state index contributed by atoms with van der Waals surface area (Å²) in [5.74, 6) is -0.846. The van der Waals surface area contributed by atoms with E-state index in [1.54, 1.807) is 49.5 Å². The third-order valence-corrected chi connectivity index (χ3v) is 2.36. The van der Waals surface area contributed by atoms with Gasteiger partial charge in [-0.2, -0.15) is 5.10 Å². The van der Waals surface area contributed by atoms with Gasteiger partial charge in [-0.05, 0) is 13.0 Å². The number of benzene rings is 1. The number of carbonyl (C=O) groups is 3. The quantitative estimate of drug-likeness (QED) is 0.681. The molecule has 0 aliphatic carbocycles. The molecule has 0 spiro atoms. The molecule has 1 amide bonds. The van der Waals surface area contributed by atoms with Gasteiger partial charge in [0.15, 0.2) is 5.78 Å². The van der Waals surface area contributed by atoms with Crippen molar-refractivity contribution in [2.75, 3.05) is 6.61 Å². The zero-order chi connectivity index (χ0) is 16.4. The van der Waals surface area contributed by atoms with Gasteiger partial charge in [0.25, 0.3) is 0 Å². The van der Waals surface area contributed by atoms with Crippen LogP contribution < -0.4 is 5.43 Å². The van der Waals surface area contributed by atoms with E-state index >= 15 is 0 Å². The molecule has 1 aliphatic heterocycles. The summed E-state index contributed by atoms with van der Waals surface area (Å²) in [5.41, 5.74) is 3.04. The second kappa shape index (κ2) is 9.06. The molecule has 7 heteroatoms. The molecule has 0 radical (unpaired) electrons. The van der Waals surface area contributed by atoms with Crippen molar-refractivity contribution >= 4 is 23.9 Å². The molecule has 2 rings (SSSR count). The van der Waals surface area contributed by atoms with E-state index in [0.717, 1.165) is 5.12 Å². The van der Waals surface area contributed by atoms with Crippen LogP contribution in [0.3, 0.4) is 0 Å². The number of hydrogen-bond acceptors (Lipinski definition) is 6. The Morgan fingerprint density at radius 2 is 1.91 bits per heavy atom. The fourth-order valence-corrected chi connectivity index (χ4v) is 1.37. The minimum Gasteiger partial charge on any atom is -0.447 e. The Morgan fingerprint density at radius 1 is 1.23 bits per heavy atom. The highest BCUT2D eigenvalue weighted by molar-refractivity contribution is 6.42. The molecule has 0 aromatic heterocycles. The molecular formula is C15H17N3O4. The van der Waals surface area contributed by atoms with Crippen LogP contribution in [0, 0.1) is 0 Å². The zero-order valence-electron chi connectivity index (χ0n) is 12.4. The molecule has 1 aromatic carbocycles. The summed E-state index contributed by atoms with van der Waals surface area (Å²) >= 11 is 0. The first-order valence-corrected chi connectivity index (χ1v) is 6.58. The number of hydrazone groups is 1. The van der Waals surface area contributed by atoms with Crippen molar-refractivity contribution < 1.29 is 19.1 Å². The van der Waals surface area contributed by atoms with Crippen LogP contribution in [-0.2, 0) is 9.53 Å². The Bertz CT molecular complexity index is 582. The van der Waals surface area contributed by atoms with E-state index in [9.17, 15) is 14.4 Å². The second-order valence-electron chi connectivity index (χ2n) is 4.01. The lowest BCUT2D eigenvalue weighted by atomic mass is 10.1. The fraction of sp³-hybridized carbons (Fsp3) is 0.200. The lowest BCUT2D eigenvalue weighted by molar-refractivity contribution is -0.113. The number of hydrazine groups is 1. The van der Waals surface area contributed by atoms with Crippen LogP contribution >= 0.6 is 0 Å². The molecule has 0 unspecified atom stereocenters. The maximum Gasteiger partial charge on any atom is 0.450 e. The van der Waals surface area contributed by atoms with Crippen molar-refractivity contribution in [2.24, 2.45) is 5.10 Å². The Labute approximate surface area is 128 Å². The topological polar surface area (TPSA) is 88.1 Å². The van der Waals surface area contributed by atoms with Gasteiger partial charge in [-0.1, -0.05) is 30.3 Å². The number of nitrogens with one attached hydrogen (secondary N) is 1. The van der Waals surface area contributed by atoms with Gasteiger partial charge in [0.2, 0.25) is 5.78 Å². The molecule has 1 aromatic rings. The van der Waals surface area contributed by atoms with Gasteiger partial charge in [-0.25, -0.2) is 4.79 Å². The maximum atomic E-state index is 11.0.